The van der Waals surface area contributed by atoms with Crippen LogP contribution in [0.5, 0.6) is 0 Å². The summed E-state index contributed by atoms with van der Waals surface area (Å²) in [5.74, 6) is -0.593. The molecule has 0 bridgehead atoms. The summed E-state index contributed by atoms with van der Waals surface area (Å²) in [6.07, 6.45) is 2.15. The lowest BCUT2D eigenvalue weighted by atomic mass is 9.86. The highest BCUT2D eigenvalue weighted by Crippen LogP contribution is 2.36. The molecule has 4 heteroatoms. The van der Waals surface area contributed by atoms with Crippen molar-refractivity contribution in [2.24, 2.45) is 5.41 Å². The fourth-order valence-corrected chi connectivity index (χ4v) is 3.06. The molecular weight excluding hydrogens is 231 g/mol. The molecule has 2 fully saturated rings. The van der Waals surface area contributed by atoms with Crippen LogP contribution in [-0.4, -0.2) is 37.0 Å². The molecule has 1 spiro atoms. The minimum absolute atomic E-state index is 0.170. The lowest BCUT2D eigenvalue weighted by Crippen LogP contribution is -2.33. The van der Waals surface area contributed by atoms with Gasteiger partial charge < -0.3 is 10.2 Å². The second-order valence-corrected chi connectivity index (χ2v) is 5.38. The van der Waals surface area contributed by atoms with Gasteiger partial charge in [-0.15, -0.1) is 0 Å². The fourth-order valence-electron chi connectivity index (χ4n) is 3.06. The molecule has 3 rings (SSSR count). The minimum Gasteiger partial charge on any atom is -0.338 e. The topological polar surface area (TPSA) is 32.3 Å². The van der Waals surface area contributed by atoms with Crippen LogP contribution in [0.1, 0.15) is 23.2 Å². The van der Waals surface area contributed by atoms with Gasteiger partial charge in [0.25, 0.3) is 5.91 Å². The van der Waals surface area contributed by atoms with Crippen LogP contribution in [0.3, 0.4) is 0 Å². The summed E-state index contributed by atoms with van der Waals surface area (Å²) in [6.45, 7) is 3.51. The van der Waals surface area contributed by atoms with Crippen molar-refractivity contribution >= 4 is 5.91 Å². The van der Waals surface area contributed by atoms with Crippen LogP contribution in [0.2, 0.25) is 0 Å². The van der Waals surface area contributed by atoms with Crippen molar-refractivity contribution in [3.8, 4) is 0 Å². The highest BCUT2D eigenvalue weighted by atomic mass is 19.1. The molecule has 1 unspecified atom stereocenters. The Morgan fingerprint density at radius 1 is 1.33 bits per heavy atom. The van der Waals surface area contributed by atoms with Gasteiger partial charge in [0.1, 0.15) is 5.82 Å². The quantitative estimate of drug-likeness (QED) is 0.819. The summed E-state index contributed by atoms with van der Waals surface area (Å²) in [5, 5.41) is 3.35. The van der Waals surface area contributed by atoms with Crippen LogP contribution in [-0.2, 0) is 0 Å². The molecule has 0 saturated carbocycles. The number of likely N-dealkylation sites (tertiary alicyclic amines) is 1. The highest BCUT2D eigenvalue weighted by molar-refractivity contribution is 5.94. The molecule has 0 aliphatic carbocycles. The number of carbonyl (C=O) groups excluding carboxylic acids is 1. The second-order valence-electron chi connectivity index (χ2n) is 5.38. The van der Waals surface area contributed by atoms with E-state index in [1.807, 2.05) is 0 Å². The predicted octanol–water partition coefficient (Wildman–Crippen LogP) is 1.65. The van der Waals surface area contributed by atoms with Gasteiger partial charge in [0.15, 0.2) is 0 Å². The molecule has 1 atom stereocenters. The number of carbonyl (C=O) groups is 1. The number of halogens is 1. The van der Waals surface area contributed by atoms with E-state index in [0.717, 1.165) is 39.0 Å². The van der Waals surface area contributed by atoms with Crippen LogP contribution in [0.15, 0.2) is 24.3 Å². The van der Waals surface area contributed by atoms with E-state index in [9.17, 15) is 9.18 Å². The summed E-state index contributed by atoms with van der Waals surface area (Å²) in [5.41, 5.74) is 0.432. The molecule has 2 saturated heterocycles. The van der Waals surface area contributed by atoms with Crippen molar-refractivity contribution in [1.82, 2.24) is 10.2 Å². The normalized spacial score (nSPS) is 27.1. The van der Waals surface area contributed by atoms with E-state index in [2.05, 4.69) is 5.32 Å². The summed E-state index contributed by atoms with van der Waals surface area (Å²) < 4.78 is 13.6. The van der Waals surface area contributed by atoms with Crippen LogP contribution < -0.4 is 5.32 Å². The molecule has 18 heavy (non-hydrogen) atoms. The smallest absolute Gasteiger partial charge is 0.256 e. The molecule has 1 aromatic rings. The number of hydrogen-bond acceptors (Lipinski definition) is 2. The van der Waals surface area contributed by atoms with E-state index in [0.29, 0.717) is 0 Å². The molecule has 0 aromatic heterocycles. The van der Waals surface area contributed by atoms with E-state index >= 15 is 0 Å². The Balaban J connectivity index is 1.77. The van der Waals surface area contributed by atoms with E-state index < -0.39 is 5.82 Å². The number of hydrogen-bond donors (Lipinski definition) is 1. The first-order chi connectivity index (χ1) is 8.70. The monoisotopic (exact) mass is 248 g/mol. The van der Waals surface area contributed by atoms with Crippen molar-refractivity contribution in [2.45, 2.75) is 12.8 Å². The molecule has 2 heterocycles. The van der Waals surface area contributed by atoms with E-state index in [1.54, 1.807) is 23.1 Å². The van der Waals surface area contributed by atoms with Crippen molar-refractivity contribution in [3.63, 3.8) is 0 Å². The zero-order valence-corrected chi connectivity index (χ0v) is 10.3. The zero-order chi connectivity index (χ0) is 12.6. The maximum atomic E-state index is 13.6. The molecule has 1 aromatic carbocycles. The second kappa shape index (κ2) is 4.35. The highest BCUT2D eigenvalue weighted by Gasteiger charge is 2.42. The largest absolute Gasteiger partial charge is 0.338 e. The molecule has 2 aliphatic rings. The van der Waals surface area contributed by atoms with Crippen molar-refractivity contribution in [1.29, 1.82) is 0 Å². The maximum Gasteiger partial charge on any atom is 0.256 e. The van der Waals surface area contributed by atoms with Gasteiger partial charge >= 0.3 is 0 Å². The first kappa shape index (κ1) is 11.7. The van der Waals surface area contributed by atoms with Gasteiger partial charge in [0.05, 0.1) is 5.56 Å². The Morgan fingerprint density at radius 3 is 2.89 bits per heavy atom. The molecule has 3 nitrogen and oxygen atoms in total. The van der Waals surface area contributed by atoms with Gasteiger partial charge in [0, 0.05) is 25.0 Å². The molecule has 1 N–H and O–H groups in total. The number of amides is 1. The van der Waals surface area contributed by atoms with Crippen LogP contribution in [0.4, 0.5) is 4.39 Å². The maximum absolute atomic E-state index is 13.6. The lowest BCUT2D eigenvalue weighted by molar-refractivity contribution is 0.0771. The summed E-state index contributed by atoms with van der Waals surface area (Å²) >= 11 is 0. The van der Waals surface area contributed by atoms with Gasteiger partial charge in [-0.25, -0.2) is 4.39 Å². The summed E-state index contributed by atoms with van der Waals surface area (Å²) in [7, 11) is 0. The van der Waals surface area contributed by atoms with Crippen molar-refractivity contribution < 1.29 is 9.18 Å². The van der Waals surface area contributed by atoms with Crippen LogP contribution >= 0.6 is 0 Å². The third kappa shape index (κ3) is 1.90. The minimum atomic E-state index is -0.423. The standard InChI is InChI=1S/C14H17FN2O/c15-12-4-2-1-3-11(12)13(18)17-8-6-14(10-17)5-7-16-9-14/h1-4,16H,5-10H2. The van der Waals surface area contributed by atoms with Gasteiger partial charge in [0.2, 0.25) is 0 Å². The van der Waals surface area contributed by atoms with Gasteiger partial charge in [-0.3, -0.25) is 4.79 Å². The Labute approximate surface area is 106 Å². The first-order valence-corrected chi connectivity index (χ1v) is 6.45. The number of nitrogens with one attached hydrogen (secondary N) is 1. The fraction of sp³-hybridized carbons (Fsp3) is 0.500. The Hall–Kier alpha value is -1.42. The molecule has 1 amide bonds. The Bertz CT molecular complexity index is 469. The van der Waals surface area contributed by atoms with Crippen molar-refractivity contribution in [3.05, 3.63) is 35.6 Å². The Morgan fingerprint density at radius 2 is 2.17 bits per heavy atom. The zero-order valence-electron chi connectivity index (χ0n) is 10.3. The van der Waals surface area contributed by atoms with Gasteiger partial charge in [-0.1, -0.05) is 12.1 Å². The molecule has 0 radical (unpaired) electrons. The average molecular weight is 248 g/mol. The van der Waals surface area contributed by atoms with Crippen LogP contribution in [0, 0.1) is 11.2 Å². The molecule has 2 aliphatic heterocycles. The predicted molar refractivity (Wildman–Crippen MR) is 66.8 cm³/mol. The number of benzene rings is 1. The summed E-state index contributed by atoms with van der Waals surface area (Å²) in [6, 6.07) is 6.23. The molecular formula is C14H17FN2O. The van der Waals surface area contributed by atoms with E-state index in [4.69, 9.17) is 0 Å². The summed E-state index contributed by atoms with van der Waals surface area (Å²) in [4.78, 5) is 14.1. The molecule has 96 valence electrons. The number of nitrogens with zero attached hydrogens (tertiary/aromatic N) is 1. The van der Waals surface area contributed by atoms with Gasteiger partial charge in [-0.05, 0) is 31.5 Å². The van der Waals surface area contributed by atoms with E-state index in [-0.39, 0.29) is 16.9 Å². The average Bonchev–Trinajstić information content (AvgIpc) is 3.00. The first-order valence-electron chi connectivity index (χ1n) is 6.45. The lowest BCUT2D eigenvalue weighted by Gasteiger charge is -2.22. The van der Waals surface area contributed by atoms with Crippen molar-refractivity contribution in [2.75, 3.05) is 26.2 Å². The number of rotatable bonds is 1. The van der Waals surface area contributed by atoms with Crippen LogP contribution in [0.25, 0.3) is 0 Å². The SMILES string of the molecule is O=C(c1ccccc1F)N1CCC2(CCNC2)C1. The van der Waals surface area contributed by atoms with E-state index in [1.165, 1.54) is 6.07 Å². The Kier molecular flexibility index (Phi) is 2.82. The third-order valence-corrected chi connectivity index (χ3v) is 4.16. The van der Waals surface area contributed by atoms with Gasteiger partial charge in [-0.2, -0.15) is 0 Å². The third-order valence-electron chi connectivity index (χ3n) is 4.16.